The second kappa shape index (κ2) is 4.33. The first-order chi connectivity index (χ1) is 8.25. The molecule has 2 aromatic rings. The first kappa shape index (κ1) is 11.1. The number of aliphatic hydroxyl groups is 1. The van der Waals surface area contributed by atoms with E-state index >= 15 is 0 Å². The first-order valence-electron chi connectivity index (χ1n) is 5.73. The van der Waals surface area contributed by atoms with Crippen LogP contribution in [0, 0.1) is 0 Å². The molecular weight excluding hydrogens is 240 g/mol. The Hall–Kier alpha value is -1.03. The highest BCUT2D eigenvalue weighted by Crippen LogP contribution is 2.33. The fourth-order valence-corrected chi connectivity index (χ4v) is 2.45. The first-order valence-corrected chi connectivity index (χ1v) is 6.11. The summed E-state index contributed by atoms with van der Waals surface area (Å²) < 4.78 is 11.1. The van der Waals surface area contributed by atoms with Crippen molar-refractivity contribution < 1.29 is 14.3 Å². The van der Waals surface area contributed by atoms with Gasteiger partial charge in [0.15, 0.2) is 5.58 Å². The molecule has 3 rings (SSSR count). The smallest absolute Gasteiger partial charge is 0.152 e. The molecule has 1 aliphatic rings. The molecule has 1 N–H and O–H groups in total. The van der Waals surface area contributed by atoms with Crippen molar-refractivity contribution in [3.63, 3.8) is 0 Å². The van der Waals surface area contributed by atoms with Crippen molar-refractivity contribution in [2.24, 2.45) is 0 Å². The lowest BCUT2D eigenvalue weighted by molar-refractivity contribution is -0.0124. The Balaban J connectivity index is 1.97. The van der Waals surface area contributed by atoms with Gasteiger partial charge in [0.1, 0.15) is 11.9 Å². The number of halogens is 1. The quantitative estimate of drug-likeness (QED) is 0.892. The lowest BCUT2D eigenvalue weighted by Crippen LogP contribution is -2.16. The third kappa shape index (κ3) is 1.95. The average Bonchev–Trinajstić information content (AvgIpc) is 2.98. The number of aliphatic hydroxyl groups excluding tert-OH is 1. The zero-order chi connectivity index (χ0) is 11.8. The van der Waals surface area contributed by atoms with Gasteiger partial charge in [-0.25, -0.2) is 0 Å². The van der Waals surface area contributed by atoms with Crippen molar-refractivity contribution in [3.05, 3.63) is 35.0 Å². The molecule has 90 valence electrons. The summed E-state index contributed by atoms with van der Waals surface area (Å²) in [6.45, 7) is 0.711. The van der Waals surface area contributed by atoms with Crippen LogP contribution >= 0.6 is 11.6 Å². The van der Waals surface area contributed by atoms with Crippen LogP contribution in [0.2, 0.25) is 5.02 Å². The molecule has 0 saturated carbocycles. The molecule has 1 aromatic carbocycles. The molecule has 0 radical (unpaired) electrons. The molecule has 17 heavy (non-hydrogen) atoms. The normalized spacial score (nSPS) is 22.1. The standard InChI is InChI=1S/C13H13ClO3/c14-9-4-1-3-8-7-11(17-13(8)9)12(15)10-5-2-6-16-10/h1,3-4,7,10,12,15H,2,5-6H2. The molecule has 0 amide bonds. The molecule has 2 heterocycles. The van der Waals surface area contributed by atoms with Crippen molar-refractivity contribution in [3.8, 4) is 0 Å². The van der Waals surface area contributed by atoms with Crippen LogP contribution in [0.1, 0.15) is 24.7 Å². The van der Waals surface area contributed by atoms with E-state index in [0.717, 1.165) is 18.2 Å². The Morgan fingerprint density at radius 3 is 3.00 bits per heavy atom. The van der Waals surface area contributed by atoms with Gasteiger partial charge in [-0.05, 0) is 25.0 Å². The van der Waals surface area contributed by atoms with Crippen molar-refractivity contribution >= 4 is 22.6 Å². The third-order valence-corrected chi connectivity index (χ3v) is 3.42. The van der Waals surface area contributed by atoms with E-state index < -0.39 is 6.10 Å². The fourth-order valence-electron chi connectivity index (χ4n) is 2.23. The topological polar surface area (TPSA) is 42.6 Å². The second-order valence-electron chi connectivity index (χ2n) is 4.30. The molecule has 0 bridgehead atoms. The van der Waals surface area contributed by atoms with Gasteiger partial charge in [-0.2, -0.15) is 0 Å². The Kier molecular flexibility index (Phi) is 2.82. The molecule has 1 saturated heterocycles. The average molecular weight is 253 g/mol. The molecule has 2 unspecified atom stereocenters. The highest BCUT2D eigenvalue weighted by Gasteiger charge is 2.28. The van der Waals surface area contributed by atoms with E-state index in [4.69, 9.17) is 20.8 Å². The number of hydrogen-bond donors (Lipinski definition) is 1. The summed E-state index contributed by atoms with van der Waals surface area (Å²) in [5, 5.41) is 11.6. The second-order valence-corrected chi connectivity index (χ2v) is 4.71. The monoisotopic (exact) mass is 252 g/mol. The van der Waals surface area contributed by atoms with E-state index in [0.29, 0.717) is 23.0 Å². The van der Waals surface area contributed by atoms with Crippen LogP contribution in [0.25, 0.3) is 11.0 Å². The van der Waals surface area contributed by atoms with E-state index in [-0.39, 0.29) is 6.10 Å². The van der Waals surface area contributed by atoms with E-state index in [1.54, 1.807) is 6.07 Å². The number of para-hydroxylation sites is 1. The number of rotatable bonds is 2. The van der Waals surface area contributed by atoms with E-state index in [1.165, 1.54) is 0 Å². The lowest BCUT2D eigenvalue weighted by Gasteiger charge is -2.14. The van der Waals surface area contributed by atoms with E-state index in [9.17, 15) is 5.11 Å². The van der Waals surface area contributed by atoms with Gasteiger partial charge < -0.3 is 14.3 Å². The highest BCUT2D eigenvalue weighted by atomic mass is 35.5. The minimum absolute atomic E-state index is 0.158. The zero-order valence-electron chi connectivity index (χ0n) is 9.23. The summed E-state index contributed by atoms with van der Waals surface area (Å²) in [6, 6.07) is 7.38. The molecule has 0 aliphatic carbocycles. The third-order valence-electron chi connectivity index (χ3n) is 3.12. The van der Waals surface area contributed by atoms with Gasteiger partial charge in [-0.15, -0.1) is 0 Å². The van der Waals surface area contributed by atoms with Crippen molar-refractivity contribution in [2.75, 3.05) is 6.61 Å². The van der Waals surface area contributed by atoms with Gasteiger partial charge in [-0.1, -0.05) is 23.7 Å². The minimum atomic E-state index is -0.707. The van der Waals surface area contributed by atoms with Crippen LogP contribution in [-0.4, -0.2) is 17.8 Å². The minimum Gasteiger partial charge on any atom is -0.457 e. The Labute approximate surface area is 104 Å². The van der Waals surface area contributed by atoms with Crippen LogP contribution in [0.3, 0.4) is 0 Å². The maximum Gasteiger partial charge on any atom is 0.152 e. The van der Waals surface area contributed by atoms with Gasteiger partial charge in [0, 0.05) is 12.0 Å². The van der Waals surface area contributed by atoms with Crippen LogP contribution in [0.15, 0.2) is 28.7 Å². The van der Waals surface area contributed by atoms with Gasteiger partial charge >= 0.3 is 0 Å². The summed E-state index contributed by atoms with van der Waals surface area (Å²) >= 11 is 6.03. The molecule has 1 fully saturated rings. The van der Waals surface area contributed by atoms with Crippen molar-refractivity contribution in [2.45, 2.75) is 25.0 Å². The van der Waals surface area contributed by atoms with Crippen molar-refractivity contribution in [1.29, 1.82) is 0 Å². The van der Waals surface area contributed by atoms with Gasteiger partial charge in [0.25, 0.3) is 0 Å². The Morgan fingerprint density at radius 1 is 1.41 bits per heavy atom. The molecule has 2 atom stereocenters. The maximum absolute atomic E-state index is 10.2. The summed E-state index contributed by atoms with van der Waals surface area (Å²) in [5.74, 6) is 0.528. The number of hydrogen-bond acceptors (Lipinski definition) is 3. The number of furan rings is 1. The predicted molar refractivity (Wildman–Crippen MR) is 65.2 cm³/mol. The summed E-state index contributed by atoms with van der Waals surface area (Å²) in [6.07, 6.45) is 0.990. The molecule has 1 aliphatic heterocycles. The predicted octanol–water partition coefficient (Wildman–Crippen LogP) is 3.30. The Bertz CT molecular complexity index is 528. The van der Waals surface area contributed by atoms with Gasteiger partial charge in [0.05, 0.1) is 11.1 Å². The number of ether oxygens (including phenoxy) is 1. The molecule has 4 heteroatoms. The molecule has 1 aromatic heterocycles. The molecule has 3 nitrogen and oxygen atoms in total. The molecule has 0 spiro atoms. The van der Waals surface area contributed by atoms with Gasteiger partial charge in [-0.3, -0.25) is 0 Å². The van der Waals surface area contributed by atoms with Gasteiger partial charge in [0.2, 0.25) is 0 Å². The Morgan fingerprint density at radius 2 is 2.29 bits per heavy atom. The number of fused-ring (bicyclic) bond motifs is 1. The van der Waals surface area contributed by atoms with E-state index in [1.807, 2.05) is 18.2 Å². The van der Waals surface area contributed by atoms with Crippen LogP contribution in [0.5, 0.6) is 0 Å². The molecular formula is C13H13ClO3. The SMILES string of the molecule is OC(c1cc2cccc(Cl)c2o1)C1CCCO1. The maximum atomic E-state index is 10.2. The number of benzene rings is 1. The largest absolute Gasteiger partial charge is 0.457 e. The van der Waals surface area contributed by atoms with E-state index in [2.05, 4.69) is 0 Å². The zero-order valence-corrected chi connectivity index (χ0v) is 9.98. The highest BCUT2D eigenvalue weighted by molar-refractivity contribution is 6.34. The van der Waals surface area contributed by atoms with Crippen LogP contribution in [0.4, 0.5) is 0 Å². The summed E-state index contributed by atoms with van der Waals surface area (Å²) in [7, 11) is 0. The fraction of sp³-hybridized carbons (Fsp3) is 0.385. The lowest BCUT2D eigenvalue weighted by atomic mass is 10.1. The summed E-state index contributed by atoms with van der Waals surface area (Å²) in [4.78, 5) is 0. The van der Waals surface area contributed by atoms with Crippen molar-refractivity contribution in [1.82, 2.24) is 0 Å². The van der Waals surface area contributed by atoms with Crippen LogP contribution in [-0.2, 0) is 4.74 Å². The van der Waals surface area contributed by atoms with Crippen LogP contribution < -0.4 is 0 Å². The summed E-state index contributed by atoms with van der Waals surface area (Å²) in [5.41, 5.74) is 0.626.